The van der Waals surface area contributed by atoms with Gasteiger partial charge in [-0.15, -0.1) is 0 Å². The summed E-state index contributed by atoms with van der Waals surface area (Å²) in [4.78, 5) is 26.4. The summed E-state index contributed by atoms with van der Waals surface area (Å²) in [6.07, 6.45) is -0.751. The number of ether oxygens (including phenoxy) is 3. The number of carbonyl (C=O) groups is 2. The summed E-state index contributed by atoms with van der Waals surface area (Å²) in [5.41, 5.74) is 7.44. The van der Waals surface area contributed by atoms with E-state index in [-0.39, 0.29) is 23.7 Å². The van der Waals surface area contributed by atoms with Crippen molar-refractivity contribution >= 4 is 28.7 Å². The monoisotopic (exact) mass is 522 g/mol. The van der Waals surface area contributed by atoms with Crippen LogP contribution in [0.15, 0.2) is 65.1 Å². The molecule has 1 aromatic heterocycles. The first kappa shape index (κ1) is 25.2. The maximum absolute atomic E-state index is 13.6. The summed E-state index contributed by atoms with van der Waals surface area (Å²) in [5, 5.41) is 0.337. The quantitative estimate of drug-likeness (QED) is 0.267. The van der Waals surface area contributed by atoms with E-state index in [2.05, 4.69) is 4.90 Å². The molecular formula is C28H24F2N2O6. The molecule has 5 rings (SSSR count). The number of benzene rings is 3. The Morgan fingerprint density at radius 3 is 2.26 bits per heavy atom. The van der Waals surface area contributed by atoms with Crippen LogP contribution in [0.25, 0.3) is 22.3 Å². The molecule has 0 saturated carbocycles. The van der Waals surface area contributed by atoms with Crippen LogP contribution in [-0.4, -0.2) is 45.0 Å². The van der Waals surface area contributed by atoms with Gasteiger partial charge in [0, 0.05) is 36.5 Å². The van der Waals surface area contributed by atoms with Crippen molar-refractivity contribution in [3.8, 4) is 17.1 Å². The summed E-state index contributed by atoms with van der Waals surface area (Å²) < 4.78 is 49.3. The molecule has 0 spiro atoms. The van der Waals surface area contributed by atoms with Gasteiger partial charge < -0.3 is 29.3 Å². The molecule has 1 amide bonds. The van der Waals surface area contributed by atoms with E-state index in [9.17, 15) is 18.4 Å². The molecule has 38 heavy (non-hydrogen) atoms. The molecule has 8 nitrogen and oxygen atoms in total. The fourth-order valence-electron chi connectivity index (χ4n) is 4.36. The van der Waals surface area contributed by atoms with E-state index in [4.69, 9.17) is 24.4 Å². The minimum absolute atomic E-state index is 0.0395. The van der Waals surface area contributed by atoms with Crippen molar-refractivity contribution < 1.29 is 37.0 Å². The lowest BCUT2D eigenvalue weighted by Gasteiger charge is -2.30. The van der Waals surface area contributed by atoms with E-state index in [0.29, 0.717) is 55.0 Å². The number of furan rings is 1. The second-order valence-corrected chi connectivity index (χ2v) is 8.66. The molecule has 196 valence electrons. The summed E-state index contributed by atoms with van der Waals surface area (Å²) in [6.45, 7) is 2.56. The lowest BCUT2D eigenvalue weighted by molar-refractivity contribution is 0.0640. The van der Waals surface area contributed by atoms with E-state index in [1.165, 1.54) is 36.4 Å². The summed E-state index contributed by atoms with van der Waals surface area (Å²) in [7, 11) is 0. The summed E-state index contributed by atoms with van der Waals surface area (Å²) in [5.74, 6) is -1.21. The highest BCUT2D eigenvalue weighted by Gasteiger charge is 2.28. The fraction of sp³-hybridized carbons (Fsp3) is 0.214. The van der Waals surface area contributed by atoms with Crippen molar-refractivity contribution in [2.24, 2.45) is 5.73 Å². The molecule has 2 heterocycles. The third kappa shape index (κ3) is 5.45. The Bertz CT molecular complexity index is 1460. The lowest BCUT2D eigenvalue weighted by atomic mass is 10.0. The molecule has 4 aromatic rings. The Hall–Kier alpha value is -4.44. The van der Waals surface area contributed by atoms with Crippen molar-refractivity contribution in [1.82, 2.24) is 0 Å². The van der Waals surface area contributed by atoms with Crippen molar-refractivity contribution in [1.29, 1.82) is 0 Å². The number of anilines is 1. The Morgan fingerprint density at radius 1 is 0.947 bits per heavy atom. The number of primary amides is 1. The van der Waals surface area contributed by atoms with Crippen molar-refractivity contribution in [2.75, 3.05) is 37.8 Å². The third-order valence-corrected chi connectivity index (χ3v) is 6.19. The Balaban J connectivity index is 1.58. The highest BCUT2D eigenvalue weighted by molar-refractivity contribution is 6.12. The van der Waals surface area contributed by atoms with Gasteiger partial charge in [-0.3, -0.25) is 0 Å². The molecule has 0 bridgehead atoms. The van der Waals surface area contributed by atoms with Crippen LogP contribution in [0.1, 0.15) is 15.9 Å². The van der Waals surface area contributed by atoms with Crippen LogP contribution in [0.4, 0.5) is 19.3 Å². The number of fused-ring (bicyclic) bond motifs is 1. The predicted molar refractivity (Wildman–Crippen MR) is 135 cm³/mol. The zero-order valence-electron chi connectivity index (χ0n) is 20.2. The number of carbonyl (C=O) groups excluding carboxylic acids is 2. The van der Waals surface area contributed by atoms with Gasteiger partial charge in [-0.05, 0) is 48.0 Å². The van der Waals surface area contributed by atoms with Crippen LogP contribution < -0.4 is 15.4 Å². The molecule has 0 unspecified atom stereocenters. The number of nitrogens with two attached hydrogens (primary N) is 1. The van der Waals surface area contributed by atoms with Crippen LogP contribution in [0.2, 0.25) is 0 Å². The van der Waals surface area contributed by atoms with Gasteiger partial charge >= 0.3 is 12.1 Å². The average Bonchev–Trinajstić information content (AvgIpc) is 3.28. The lowest BCUT2D eigenvalue weighted by Crippen LogP contribution is -2.36. The number of halogens is 2. The second-order valence-electron chi connectivity index (χ2n) is 8.66. The Labute approximate surface area is 216 Å². The van der Waals surface area contributed by atoms with Gasteiger partial charge in [0.15, 0.2) is 0 Å². The number of rotatable bonds is 7. The maximum atomic E-state index is 13.6. The Kier molecular flexibility index (Phi) is 7.23. The van der Waals surface area contributed by atoms with Crippen molar-refractivity contribution in [2.45, 2.75) is 6.42 Å². The predicted octanol–water partition coefficient (Wildman–Crippen LogP) is 5.07. The molecule has 1 aliphatic heterocycles. The standard InChI is InChI=1S/C28H24F2N2O6/c29-19-5-1-17(2-6-19)9-12-36-24-15-21-23(16-22(24)32-10-13-35-14-11-32)37-26(18-3-7-20(30)8-4-18)25(21)27(33)38-28(31)34/h1-8,15-16H,9-14H2,(H2,31,34). The number of amides is 1. The second kappa shape index (κ2) is 10.9. The highest BCUT2D eigenvalue weighted by Crippen LogP contribution is 2.41. The largest absolute Gasteiger partial charge is 0.491 e. The highest BCUT2D eigenvalue weighted by atomic mass is 19.1. The number of hydrogen-bond acceptors (Lipinski definition) is 7. The van der Waals surface area contributed by atoms with E-state index in [1.807, 2.05) is 0 Å². The van der Waals surface area contributed by atoms with Crippen LogP contribution in [0, 0.1) is 11.6 Å². The van der Waals surface area contributed by atoms with Crippen molar-refractivity contribution in [3.63, 3.8) is 0 Å². The minimum atomic E-state index is -1.27. The van der Waals surface area contributed by atoms with Gasteiger partial charge in [0.2, 0.25) is 0 Å². The van der Waals surface area contributed by atoms with E-state index < -0.39 is 17.9 Å². The third-order valence-electron chi connectivity index (χ3n) is 6.19. The van der Waals surface area contributed by atoms with Crippen LogP contribution in [-0.2, 0) is 15.9 Å². The van der Waals surface area contributed by atoms with Gasteiger partial charge in [-0.1, -0.05) is 12.1 Å². The molecule has 10 heteroatoms. The van der Waals surface area contributed by atoms with E-state index in [1.54, 1.807) is 24.3 Å². The molecule has 1 aliphatic rings. The molecule has 1 fully saturated rings. The van der Waals surface area contributed by atoms with E-state index >= 15 is 0 Å². The number of esters is 1. The van der Waals surface area contributed by atoms with Gasteiger partial charge in [0.05, 0.1) is 25.5 Å². The molecule has 3 aromatic carbocycles. The number of hydrogen-bond donors (Lipinski definition) is 1. The smallest absolute Gasteiger partial charge is 0.412 e. The first-order chi connectivity index (χ1) is 18.4. The zero-order valence-corrected chi connectivity index (χ0v) is 20.2. The van der Waals surface area contributed by atoms with Gasteiger partial charge in [0.25, 0.3) is 0 Å². The summed E-state index contributed by atoms with van der Waals surface area (Å²) in [6, 6.07) is 14.9. The molecule has 2 N–H and O–H groups in total. The maximum Gasteiger partial charge on any atom is 0.412 e. The molecule has 1 saturated heterocycles. The Morgan fingerprint density at radius 2 is 1.61 bits per heavy atom. The van der Waals surface area contributed by atoms with Crippen molar-refractivity contribution in [3.05, 3.63) is 83.4 Å². The van der Waals surface area contributed by atoms with Gasteiger partial charge in [-0.2, -0.15) is 0 Å². The van der Waals surface area contributed by atoms with Crippen LogP contribution in [0.5, 0.6) is 5.75 Å². The molecule has 0 radical (unpaired) electrons. The van der Waals surface area contributed by atoms with Gasteiger partial charge in [0.1, 0.15) is 34.3 Å². The number of nitrogens with zero attached hydrogens (tertiary/aromatic N) is 1. The van der Waals surface area contributed by atoms with E-state index in [0.717, 1.165) is 11.3 Å². The average molecular weight is 523 g/mol. The first-order valence-corrected chi connectivity index (χ1v) is 12.0. The topological polar surface area (TPSA) is 104 Å². The SMILES string of the molecule is NC(=O)OC(=O)c1c(-c2ccc(F)cc2)oc2cc(N3CCOCC3)c(OCCc3ccc(F)cc3)cc12. The number of morpholine rings is 1. The molecule has 0 atom stereocenters. The minimum Gasteiger partial charge on any atom is -0.491 e. The first-order valence-electron chi connectivity index (χ1n) is 12.0. The molecule has 0 aliphatic carbocycles. The van der Waals surface area contributed by atoms with Gasteiger partial charge in [-0.25, -0.2) is 18.4 Å². The normalized spacial score (nSPS) is 13.5. The zero-order chi connectivity index (χ0) is 26.6. The fourth-order valence-corrected chi connectivity index (χ4v) is 4.36. The van der Waals surface area contributed by atoms with Crippen LogP contribution in [0.3, 0.4) is 0 Å². The van der Waals surface area contributed by atoms with Crippen LogP contribution >= 0.6 is 0 Å². The summed E-state index contributed by atoms with van der Waals surface area (Å²) >= 11 is 0. The molecular weight excluding hydrogens is 498 g/mol.